The number of halogens is 4. The summed E-state index contributed by atoms with van der Waals surface area (Å²) >= 11 is 12.9. The molecule has 2 aromatic carbocycles. The average molecular weight is 451 g/mol. The molecule has 1 unspecified atom stereocenters. The second kappa shape index (κ2) is 7.11. The summed E-state index contributed by atoms with van der Waals surface area (Å²) in [5.41, 5.74) is 1.68. The van der Waals surface area contributed by atoms with Gasteiger partial charge in [-0.3, -0.25) is 4.79 Å². The number of methoxy groups -OCH3 is 1. The maximum Gasteiger partial charge on any atom is 0.195 e. The van der Waals surface area contributed by atoms with E-state index in [2.05, 4.69) is 31.9 Å². The van der Waals surface area contributed by atoms with Crippen molar-refractivity contribution in [2.75, 3.05) is 7.11 Å². The zero-order valence-corrected chi connectivity index (χ0v) is 15.7. The number of ether oxygens (including phenoxy) is 1. The van der Waals surface area contributed by atoms with Gasteiger partial charge in [0.2, 0.25) is 0 Å². The molecule has 0 saturated carbocycles. The lowest BCUT2D eigenvalue weighted by Crippen LogP contribution is -2.05. The molecule has 2 aromatic rings. The topological polar surface area (TPSA) is 26.3 Å². The summed E-state index contributed by atoms with van der Waals surface area (Å²) in [7, 11) is 1.34. The lowest BCUT2D eigenvalue weighted by molar-refractivity contribution is 0.103. The molecule has 0 saturated heterocycles. The number of alkyl halides is 1. The molecule has 1 atom stereocenters. The van der Waals surface area contributed by atoms with E-state index in [4.69, 9.17) is 16.3 Å². The third kappa shape index (κ3) is 3.53. The fourth-order valence-corrected chi connectivity index (χ4v) is 3.07. The Labute approximate surface area is 149 Å². The molecule has 22 heavy (non-hydrogen) atoms. The molecule has 0 bridgehead atoms. The van der Waals surface area contributed by atoms with E-state index >= 15 is 0 Å². The molecule has 6 heteroatoms. The fraction of sp³-hybridized carbons (Fsp3) is 0.188. The number of carbonyl (C=O) groups excluding carboxylic acids is 1. The summed E-state index contributed by atoms with van der Waals surface area (Å²) in [6, 6.07) is 7.82. The van der Waals surface area contributed by atoms with Crippen LogP contribution in [-0.2, 0) is 0 Å². The van der Waals surface area contributed by atoms with Crippen LogP contribution in [0.4, 0.5) is 4.39 Å². The number of carbonyl (C=O) groups is 1. The van der Waals surface area contributed by atoms with E-state index in [0.717, 1.165) is 11.6 Å². The van der Waals surface area contributed by atoms with Crippen LogP contribution in [0.15, 0.2) is 34.8 Å². The van der Waals surface area contributed by atoms with Crippen molar-refractivity contribution in [3.05, 3.63) is 62.3 Å². The lowest BCUT2D eigenvalue weighted by atomic mass is 10.0. The van der Waals surface area contributed by atoms with Crippen molar-refractivity contribution in [3.63, 3.8) is 0 Å². The van der Waals surface area contributed by atoms with Crippen molar-refractivity contribution in [2.24, 2.45) is 0 Å². The summed E-state index contributed by atoms with van der Waals surface area (Å²) in [5, 5.41) is 0.0492. The smallest absolute Gasteiger partial charge is 0.195 e. The number of hydrogen-bond acceptors (Lipinski definition) is 2. The fourth-order valence-electron chi connectivity index (χ4n) is 1.97. The second-order valence-corrected chi connectivity index (χ2v) is 7.29. The Hall–Kier alpha value is -0.910. The normalized spacial score (nSPS) is 12.1. The largest absolute Gasteiger partial charge is 0.494 e. The molecule has 2 rings (SSSR count). The Morgan fingerprint density at radius 2 is 1.95 bits per heavy atom. The van der Waals surface area contributed by atoms with Gasteiger partial charge in [0.05, 0.1) is 12.1 Å². The number of rotatable bonds is 4. The number of benzene rings is 2. The van der Waals surface area contributed by atoms with Crippen LogP contribution < -0.4 is 4.74 Å². The van der Waals surface area contributed by atoms with Crippen LogP contribution in [0.3, 0.4) is 0 Å². The van der Waals surface area contributed by atoms with Crippen LogP contribution in [0.2, 0.25) is 5.02 Å². The molecular weight excluding hydrogens is 438 g/mol. The predicted octanol–water partition coefficient (Wildman–Crippen LogP) is 5.94. The first-order chi connectivity index (χ1) is 10.3. The van der Waals surface area contributed by atoms with E-state index < -0.39 is 5.82 Å². The van der Waals surface area contributed by atoms with Gasteiger partial charge in [-0.2, -0.15) is 0 Å². The summed E-state index contributed by atoms with van der Waals surface area (Å²) in [6.07, 6.45) is 0. The molecule has 0 N–H and O–H groups in total. The average Bonchev–Trinajstić information content (AvgIpc) is 2.46. The summed E-state index contributed by atoms with van der Waals surface area (Å²) in [6.45, 7) is 1.99. The highest BCUT2D eigenvalue weighted by molar-refractivity contribution is 9.10. The van der Waals surface area contributed by atoms with E-state index in [1.54, 1.807) is 6.07 Å². The maximum absolute atomic E-state index is 13.6. The zero-order chi connectivity index (χ0) is 16.4. The van der Waals surface area contributed by atoms with Gasteiger partial charge in [-0.25, -0.2) is 4.39 Å². The van der Waals surface area contributed by atoms with E-state index in [1.165, 1.54) is 13.2 Å². The first-order valence-electron chi connectivity index (χ1n) is 6.36. The number of ketones is 1. The van der Waals surface area contributed by atoms with E-state index in [1.807, 2.05) is 19.1 Å². The van der Waals surface area contributed by atoms with Crippen LogP contribution >= 0.6 is 43.5 Å². The molecule has 2 nitrogen and oxygen atoms in total. The first-order valence-corrected chi connectivity index (χ1v) is 8.45. The Kier molecular flexibility index (Phi) is 5.64. The van der Waals surface area contributed by atoms with Gasteiger partial charge in [0.15, 0.2) is 17.3 Å². The minimum absolute atomic E-state index is 0.0189. The lowest BCUT2D eigenvalue weighted by Gasteiger charge is -2.11. The van der Waals surface area contributed by atoms with Gasteiger partial charge in [-0.1, -0.05) is 49.5 Å². The van der Waals surface area contributed by atoms with Gasteiger partial charge >= 0.3 is 0 Å². The van der Waals surface area contributed by atoms with E-state index in [9.17, 15) is 9.18 Å². The number of hydrogen-bond donors (Lipinski definition) is 0. The molecule has 116 valence electrons. The van der Waals surface area contributed by atoms with Gasteiger partial charge in [-0.15, -0.1) is 0 Å². The highest BCUT2D eigenvalue weighted by Gasteiger charge is 2.19. The molecule has 0 amide bonds. The van der Waals surface area contributed by atoms with Gasteiger partial charge in [-0.05, 0) is 36.8 Å². The maximum atomic E-state index is 13.6. The van der Waals surface area contributed by atoms with Crippen molar-refractivity contribution in [3.8, 4) is 5.75 Å². The third-order valence-corrected chi connectivity index (χ3v) is 4.68. The summed E-state index contributed by atoms with van der Waals surface area (Å²) in [4.78, 5) is 12.8. The Balaban J connectivity index is 2.48. The molecule has 0 aliphatic heterocycles. The molecule has 0 aliphatic carbocycles. The van der Waals surface area contributed by atoms with E-state index in [-0.39, 0.29) is 26.9 Å². The van der Waals surface area contributed by atoms with Crippen LogP contribution in [0.25, 0.3) is 0 Å². The summed E-state index contributed by atoms with van der Waals surface area (Å²) in [5.74, 6) is -0.926. The molecule has 0 spiro atoms. The highest BCUT2D eigenvalue weighted by Crippen LogP contribution is 2.31. The first kappa shape index (κ1) is 17.4. The standard InChI is InChI=1S/C16H12Br2ClFO2/c1-8(17)9-3-4-10(12(18)5-9)16(21)11-6-15(22-2)14(20)7-13(11)19/h3-8H,1-2H3. The van der Waals surface area contributed by atoms with Gasteiger partial charge in [0.25, 0.3) is 0 Å². The highest BCUT2D eigenvalue weighted by atomic mass is 79.9. The second-order valence-electron chi connectivity index (χ2n) is 4.65. The third-order valence-electron chi connectivity index (χ3n) is 3.18. The molecule has 0 aliphatic rings. The van der Waals surface area contributed by atoms with Crippen LogP contribution in [0, 0.1) is 5.82 Å². The zero-order valence-electron chi connectivity index (χ0n) is 11.8. The quantitative estimate of drug-likeness (QED) is 0.426. The van der Waals surface area contributed by atoms with Crippen molar-refractivity contribution < 1.29 is 13.9 Å². The van der Waals surface area contributed by atoms with Gasteiger partial charge in [0.1, 0.15) is 0 Å². The minimum atomic E-state index is -0.605. The molecule has 0 aromatic heterocycles. The molecular formula is C16H12Br2ClFO2. The van der Waals surface area contributed by atoms with Crippen LogP contribution in [0.5, 0.6) is 5.75 Å². The molecule has 0 fully saturated rings. The molecule has 0 heterocycles. The Bertz CT molecular complexity index is 732. The Morgan fingerprint density at radius 1 is 1.27 bits per heavy atom. The SMILES string of the molecule is COc1cc(C(=O)c2ccc(C(C)Br)cc2Br)c(Cl)cc1F. The van der Waals surface area contributed by atoms with Gasteiger partial charge < -0.3 is 4.74 Å². The van der Waals surface area contributed by atoms with Crippen molar-refractivity contribution in [2.45, 2.75) is 11.8 Å². The van der Waals surface area contributed by atoms with Crippen molar-refractivity contribution in [1.82, 2.24) is 0 Å². The van der Waals surface area contributed by atoms with Crippen LogP contribution in [0.1, 0.15) is 33.2 Å². The van der Waals surface area contributed by atoms with Crippen LogP contribution in [-0.4, -0.2) is 12.9 Å². The predicted molar refractivity (Wildman–Crippen MR) is 92.9 cm³/mol. The van der Waals surface area contributed by atoms with Crippen molar-refractivity contribution >= 4 is 49.2 Å². The molecule has 0 radical (unpaired) electrons. The monoisotopic (exact) mass is 448 g/mol. The van der Waals surface area contributed by atoms with Gasteiger partial charge in [0, 0.05) is 20.4 Å². The van der Waals surface area contributed by atoms with E-state index in [0.29, 0.717) is 10.0 Å². The van der Waals surface area contributed by atoms with Crippen molar-refractivity contribution in [1.29, 1.82) is 0 Å². The summed E-state index contributed by atoms with van der Waals surface area (Å²) < 4.78 is 19.1. The minimum Gasteiger partial charge on any atom is -0.494 e. The Morgan fingerprint density at radius 3 is 2.50 bits per heavy atom.